The summed E-state index contributed by atoms with van der Waals surface area (Å²) < 4.78 is 2.39. The Bertz CT molecular complexity index is 719. The second-order valence-corrected chi connectivity index (χ2v) is 4.61. The van der Waals surface area contributed by atoms with Gasteiger partial charge in [-0.1, -0.05) is 36.4 Å². The number of para-hydroxylation sites is 1. The van der Waals surface area contributed by atoms with E-state index in [1.807, 2.05) is 6.08 Å². The summed E-state index contributed by atoms with van der Waals surface area (Å²) in [6.07, 6.45) is 2.89. The lowest BCUT2D eigenvalue weighted by atomic mass is 10.1. The smallest absolute Gasteiger partial charge is 0.0494 e. The molecule has 0 radical (unpaired) electrons. The summed E-state index contributed by atoms with van der Waals surface area (Å²) in [5.41, 5.74) is 3.99. The summed E-state index contributed by atoms with van der Waals surface area (Å²) in [4.78, 5) is 0. The van der Waals surface area contributed by atoms with Crippen molar-refractivity contribution >= 4 is 21.8 Å². The minimum absolute atomic E-state index is 0.932. The predicted molar refractivity (Wildman–Crippen MR) is 79.0 cm³/mol. The van der Waals surface area contributed by atoms with Gasteiger partial charge in [-0.25, -0.2) is 0 Å². The van der Waals surface area contributed by atoms with E-state index in [2.05, 4.69) is 60.5 Å². The van der Waals surface area contributed by atoms with E-state index in [9.17, 15) is 0 Å². The van der Waals surface area contributed by atoms with Gasteiger partial charge in [-0.15, -0.1) is 6.58 Å². The zero-order valence-electron chi connectivity index (χ0n) is 10.7. The first-order valence-corrected chi connectivity index (χ1v) is 6.46. The average molecular weight is 235 g/mol. The molecular weight excluding hydrogens is 218 g/mol. The van der Waals surface area contributed by atoms with Gasteiger partial charge in [0.25, 0.3) is 0 Å². The van der Waals surface area contributed by atoms with E-state index < -0.39 is 0 Å². The maximum Gasteiger partial charge on any atom is 0.0494 e. The highest BCUT2D eigenvalue weighted by Crippen LogP contribution is 2.29. The maximum atomic E-state index is 3.81. The number of allylic oxidation sites excluding steroid dienone is 1. The molecule has 0 aliphatic rings. The van der Waals surface area contributed by atoms with Gasteiger partial charge in [0, 0.05) is 28.4 Å². The fourth-order valence-corrected chi connectivity index (χ4v) is 2.73. The molecule has 0 unspecified atom stereocenters. The van der Waals surface area contributed by atoms with Crippen LogP contribution in [0.1, 0.15) is 12.5 Å². The third-order valence-corrected chi connectivity index (χ3v) is 3.53. The normalized spacial score (nSPS) is 11.2. The Kier molecular flexibility index (Phi) is 2.67. The van der Waals surface area contributed by atoms with Crippen LogP contribution in [-0.4, -0.2) is 4.57 Å². The lowest BCUT2D eigenvalue weighted by molar-refractivity contribution is 0.826. The van der Waals surface area contributed by atoms with Crippen molar-refractivity contribution < 1.29 is 0 Å². The molecule has 0 saturated carbocycles. The molecule has 0 saturated heterocycles. The zero-order valence-corrected chi connectivity index (χ0v) is 10.7. The molecule has 0 bridgehead atoms. The summed E-state index contributed by atoms with van der Waals surface area (Å²) in [5.74, 6) is 0. The van der Waals surface area contributed by atoms with E-state index in [1.165, 1.54) is 27.4 Å². The third-order valence-electron chi connectivity index (χ3n) is 3.53. The summed E-state index contributed by atoms with van der Waals surface area (Å²) in [7, 11) is 0. The Hall–Kier alpha value is -2.02. The molecule has 2 aromatic carbocycles. The highest BCUT2D eigenvalue weighted by molar-refractivity contribution is 6.08. The molecule has 90 valence electrons. The molecule has 1 heterocycles. The minimum atomic E-state index is 0.932. The second-order valence-electron chi connectivity index (χ2n) is 4.61. The average Bonchev–Trinajstić information content (AvgIpc) is 2.72. The fraction of sp³-hybridized carbons (Fsp3) is 0.176. The molecule has 1 nitrogen and oxygen atoms in total. The molecule has 0 atom stereocenters. The van der Waals surface area contributed by atoms with Gasteiger partial charge in [-0.05, 0) is 31.0 Å². The summed E-state index contributed by atoms with van der Waals surface area (Å²) in [6.45, 7) is 7.02. The van der Waals surface area contributed by atoms with Crippen molar-refractivity contribution in [1.82, 2.24) is 4.57 Å². The first kappa shape index (κ1) is 11.1. The topological polar surface area (TPSA) is 4.93 Å². The van der Waals surface area contributed by atoms with Crippen molar-refractivity contribution in [1.29, 1.82) is 0 Å². The van der Waals surface area contributed by atoms with Crippen LogP contribution in [0.5, 0.6) is 0 Å². The maximum absolute atomic E-state index is 3.81. The number of hydrogen-bond donors (Lipinski definition) is 0. The van der Waals surface area contributed by atoms with E-state index in [1.54, 1.807) is 0 Å². The molecule has 0 fully saturated rings. The van der Waals surface area contributed by atoms with Gasteiger partial charge in [-0.3, -0.25) is 0 Å². The number of aromatic nitrogens is 1. The minimum Gasteiger partial charge on any atom is -0.341 e. The second kappa shape index (κ2) is 4.34. The monoisotopic (exact) mass is 235 g/mol. The third kappa shape index (κ3) is 1.55. The Morgan fingerprint density at radius 3 is 2.61 bits per heavy atom. The van der Waals surface area contributed by atoms with E-state index in [0.29, 0.717) is 0 Å². The SMILES string of the molecule is C=CCc1ccc2c3ccccc3n(CC)c2c1. The number of hydrogen-bond acceptors (Lipinski definition) is 0. The summed E-state index contributed by atoms with van der Waals surface area (Å²) in [5, 5.41) is 2.69. The highest BCUT2D eigenvalue weighted by atomic mass is 15.0. The predicted octanol–water partition coefficient (Wildman–Crippen LogP) is 4.54. The van der Waals surface area contributed by atoms with Crippen LogP contribution in [0.4, 0.5) is 0 Å². The lowest BCUT2D eigenvalue weighted by Crippen LogP contribution is -1.93. The molecule has 18 heavy (non-hydrogen) atoms. The molecule has 1 heteroatoms. The Morgan fingerprint density at radius 2 is 1.83 bits per heavy atom. The van der Waals surface area contributed by atoms with Crippen LogP contribution < -0.4 is 0 Å². The molecule has 0 N–H and O–H groups in total. The molecular formula is C17H17N. The molecule has 3 rings (SSSR count). The largest absolute Gasteiger partial charge is 0.341 e. The van der Waals surface area contributed by atoms with Gasteiger partial charge >= 0.3 is 0 Å². The molecule has 0 spiro atoms. The number of rotatable bonds is 3. The van der Waals surface area contributed by atoms with Gasteiger partial charge in [0.15, 0.2) is 0 Å². The van der Waals surface area contributed by atoms with Crippen molar-refractivity contribution in [2.45, 2.75) is 19.9 Å². The summed E-state index contributed by atoms with van der Waals surface area (Å²) >= 11 is 0. The van der Waals surface area contributed by atoms with Gasteiger partial charge in [0.2, 0.25) is 0 Å². The van der Waals surface area contributed by atoms with Crippen molar-refractivity contribution in [3.63, 3.8) is 0 Å². The first-order chi connectivity index (χ1) is 8.85. The zero-order chi connectivity index (χ0) is 12.5. The van der Waals surface area contributed by atoms with Crippen molar-refractivity contribution in [3.05, 3.63) is 60.7 Å². The summed E-state index contributed by atoms with van der Waals surface area (Å²) in [6, 6.07) is 15.4. The number of nitrogens with zero attached hydrogens (tertiary/aromatic N) is 1. The van der Waals surface area contributed by atoms with Crippen LogP contribution in [-0.2, 0) is 13.0 Å². The van der Waals surface area contributed by atoms with Crippen molar-refractivity contribution in [2.75, 3.05) is 0 Å². The first-order valence-electron chi connectivity index (χ1n) is 6.46. The number of benzene rings is 2. The molecule has 0 amide bonds. The van der Waals surface area contributed by atoms with Crippen LogP contribution in [0.25, 0.3) is 21.8 Å². The molecule has 1 aromatic heterocycles. The van der Waals surface area contributed by atoms with E-state index in [-0.39, 0.29) is 0 Å². The Morgan fingerprint density at radius 1 is 1.06 bits per heavy atom. The quantitative estimate of drug-likeness (QED) is 0.587. The number of fused-ring (bicyclic) bond motifs is 3. The van der Waals surface area contributed by atoms with Crippen LogP contribution in [0.3, 0.4) is 0 Å². The van der Waals surface area contributed by atoms with Gasteiger partial charge < -0.3 is 4.57 Å². The van der Waals surface area contributed by atoms with Crippen LogP contribution >= 0.6 is 0 Å². The highest BCUT2D eigenvalue weighted by Gasteiger charge is 2.08. The van der Waals surface area contributed by atoms with Gasteiger partial charge in [0.05, 0.1) is 0 Å². The van der Waals surface area contributed by atoms with Crippen molar-refractivity contribution in [2.24, 2.45) is 0 Å². The van der Waals surface area contributed by atoms with E-state index in [0.717, 1.165) is 13.0 Å². The van der Waals surface area contributed by atoms with Crippen molar-refractivity contribution in [3.8, 4) is 0 Å². The van der Waals surface area contributed by atoms with E-state index in [4.69, 9.17) is 0 Å². The number of aryl methyl sites for hydroxylation is 1. The van der Waals surface area contributed by atoms with Crippen LogP contribution in [0.15, 0.2) is 55.1 Å². The fourth-order valence-electron chi connectivity index (χ4n) is 2.73. The molecule has 0 aliphatic carbocycles. The standard InChI is InChI=1S/C17H17N/c1-3-7-13-10-11-15-14-8-5-6-9-16(14)18(4-2)17(15)12-13/h3,5-6,8-12H,1,4,7H2,2H3. The Labute approximate surface area is 107 Å². The molecule has 3 aromatic rings. The Balaban J connectivity index is 2.40. The van der Waals surface area contributed by atoms with Gasteiger partial charge in [0.1, 0.15) is 0 Å². The van der Waals surface area contributed by atoms with Crippen LogP contribution in [0.2, 0.25) is 0 Å². The van der Waals surface area contributed by atoms with Crippen LogP contribution in [0, 0.1) is 0 Å². The van der Waals surface area contributed by atoms with E-state index >= 15 is 0 Å². The lowest BCUT2D eigenvalue weighted by Gasteiger charge is -2.04. The van der Waals surface area contributed by atoms with Gasteiger partial charge in [-0.2, -0.15) is 0 Å². The molecule has 0 aliphatic heterocycles.